The molecule has 0 saturated heterocycles. The molecule has 3 nitrogen and oxygen atoms in total. The largest absolute Gasteiger partial charge is 0.508 e. The summed E-state index contributed by atoms with van der Waals surface area (Å²) in [4.78, 5) is 11.5. The van der Waals surface area contributed by atoms with E-state index in [0.717, 1.165) is 11.8 Å². The van der Waals surface area contributed by atoms with Crippen LogP contribution in [0.15, 0.2) is 0 Å². The Morgan fingerprint density at radius 1 is 1.18 bits per heavy atom. The van der Waals surface area contributed by atoms with Crippen LogP contribution in [0.5, 0.6) is 0 Å². The Balaban J connectivity index is 1.69. The number of methoxy groups -OCH3 is 1. The van der Waals surface area contributed by atoms with Crippen molar-refractivity contribution in [1.82, 2.24) is 0 Å². The fourth-order valence-electron chi connectivity index (χ4n) is 5.96. The smallest absolute Gasteiger partial charge is 0.438 e. The maximum Gasteiger partial charge on any atom is 0.508 e. The molecule has 3 heteroatoms. The quantitative estimate of drug-likeness (QED) is 0.656. The van der Waals surface area contributed by atoms with Gasteiger partial charge in [-0.25, -0.2) is 4.79 Å². The van der Waals surface area contributed by atoms with E-state index in [2.05, 4.69) is 6.92 Å². The van der Waals surface area contributed by atoms with Gasteiger partial charge in [-0.2, -0.15) is 0 Å². The van der Waals surface area contributed by atoms with E-state index in [9.17, 15) is 4.79 Å². The van der Waals surface area contributed by atoms with E-state index in [1.54, 1.807) is 0 Å². The summed E-state index contributed by atoms with van der Waals surface area (Å²) in [6, 6.07) is 0. The van der Waals surface area contributed by atoms with Gasteiger partial charge in [0.1, 0.15) is 5.60 Å². The molecule has 0 radical (unpaired) electrons. The van der Waals surface area contributed by atoms with Crippen molar-refractivity contribution in [3.63, 3.8) is 0 Å². The minimum absolute atomic E-state index is 0.237. The highest BCUT2D eigenvalue weighted by molar-refractivity contribution is 5.60. The average Bonchev–Trinajstić information content (AvgIpc) is 2.56. The first-order valence-corrected chi connectivity index (χ1v) is 6.85. The molecular formula is C14H20O3. The van der Waals surface area contributed by atoms with Crippen molar-refractivity contribution in [2.75, 3.05) is 7.11 Å². The first kappa shape index (κ1) is 10.2. The van der Waals surface area contributed by atoms with E-state index < -0.39 is 6.16 Å². The van der Waals surface area contributed by atoms with Crippen LogP contribution in [0.3, 0.4) is 0 Å². The summed E-state index contributed by atoms with van der Waals surface area (Å²) in [5.74, 6) is 3.03. The van der Waals surface area contributed by atoms with Crippen LogP contribution in [-0.4, -0.2) is 18.9 Å². The Morgan fingerprint density at radius 2 is 1.94 bits per heavy atom. The molecule has 0 aliphatic heterocycles. The van der Waals surface area contributed by atoms with Gasteiger partial charge >= 0.3 is 6.16 Å². The summed E-state index contributed by atoms with van der Waals surface area (Å²) in [6.45, 7) is 2.16. The molecule has 4 rings (SSSR count). The van der Waals surface area contributed by atoms with Crippen molar-refractivity contribution >= 4 is 6.16 Å². The first-order valence-electron chi connectivity index (χ1n) is 6.85. The number of rotatable bonds is 1. The number of ether oxygens (including phenoxy) is 2. The second kappa shape index (κ2) is 2.81. The van der Waals surface area contributed by atoms with Gasteiger partial charge in [0.25, 0.3) is 0 Å². The molecule has 4 aliphatic carbocycles. The zero-order valence-electron chi connectivity index (χ0n) is 10.6. The molecule has 6 atom stereocenters. The summed E-state index contributed by atoms with van der Waals surface area (Å²) in [5.41, 5.74) is 0.315. The van der Waals surface area contributed by atoms with Crippen LogP contribution in [0.2, 0.25) is 0 Å². The highest BCUT2D eigenvalue weighted by Crippen LogP contribution is 2.78. The fraction of sp³-hybridized carbons (Fsp3) is 0.929. The van der Waals surface area contributed by atoms with Gasteiger partial charge in [-0.3, -0.25) is 0 Å². The van der Waals surface area contributed by atoms with Crippen molar-refractivity contribution in [2.45, 2.75) is 44.6 Å². The van der Waals surface area contributed by atoms with Crippen molar-refractivity contribution in [3.8, 4) is 0 Å². The van der Waals surface area contributed by atoms with Gasteiger partial charge in [0.15, 0.2) is 0 Å². The maximum absolute atomic E-state index is 11.5. The van der Waals surface area contributed by atoms with Gasteiger partial charge in [0, 0.05) is 5.92 Å². The number of carbonyl (C=O) groups excluding carboxylic acids is 1. The second-order valence-corrected chi connectivity index (χ2v) is 6.90. The van der Waals surface area contributed by atoms with Gasteiger partial charge in [-0.15, -0.1) is 0 Å². The minimum Gasteiger partial charge on any atom is -0.438 e. The fourth-order valence-corrected chi connectivity index (χ4v) is 5.96. The predicted octanol–water partition coefficient (Wildman–Crippen LogP) is 2.98. The van der Waals surface area contributed by atoms with Crippen LogP contribution in [-0.2, 0) is 9.47 Å². The molecule has 0 aromatic rings. The molecule has 0 N–H and O–H groups in total. The molecule has 0 aromatic carbocycles. The molecule has 17 heavy (non-hydrogen) atoms. The van der Waals surface area contributed by atoms with Crippen molar-refractivity contribution < 1.29 is 14.3 Å². The van der Waals surface area contributed by atoms with Crippen LogP contribution in [0, 0.1) is 29.1 Å². The summed E-state index contributed by atoms with van der Waals surface area (Å²) in [5, 5.41) is 0. The molecule has 6 unspecified atom stereocenters. The Hall–Kier alpha value is -0.730. The van der Waals surface area contributed by atoms with Crippen LogP contribution in [0.4, 0.5) is 4.79 Å². The van der Waals surface area contributed by atoms with E-state index in [0.29, 0.717) is 17.3 Å². The van der Waals surface area contributed by atoms with Gasteiger partial charge < -0.3 is 9.47 Å². The van der Waals surface area contributed by atoms with E-state index in [1.165, 1.54) is 39.2 Å². The standard InChI is InChI=1S/C14H20O3/c1-13(17-12(15)16-2)10-4-8-3-9-5-11(13)14(9,6-8)7-10/h8-11H,3-7H2,1-2H3. The molecule has 1 spiro atoms. The van der Waals surface area contributed by atoms with Crippen LogP contribution < -0.4 is 0 Å². The van der Waals surface area contributed by atoms with Crippen LogP contribution >= 0.6 is 0 Å². The highest BCUT2D eigenvalue weighted by Gasteiger charge is 2.75. The Labute approximate surface area is 102 Å². The second-order valence-electron chi connectivity index (χ2n) is 6.90. The zero-order valence-corrected chi connectivity index (χ0v) is 10.6. The summed E-state index contributed by atoms with van der Waals surface area (Å²) < 4.78 is 10.4. The Kier molecular flexibility index (Phi) is 1.69. The number of hydrogen-bond acceptors (Lipinski definition) is 3. The molecular weight excluding hydrogens is 216 g/mol. The molecule has 0 amide bonds. The molecule has 94 valence electrons. The topological polar surface area (TPSA) is 35.5 Å². The molecule has 4 saturated carbocycles. The zero-order chi connectivity index (χ0) is 11.8. The summed E-state index contributed by atoms with van der Waals surface area (Å²) in [6.07, 6.45) is 6.20. The van der Waals surface area contributed by atoms with Crippen molar-refractivity contribution in [3.05, 3.63) is 0 Å². The first-order chi connectivity index (χ1) is 8.08. The van der Waals surface area contributed by atoms with Crippen molar-refractivity contribution in [2.24, 2.45) is 29.1 Å². The molecule has 4 aliphatic rings. The molecule has 0 aromatic heterocycles. The summed E-state index contributed by atoms with van der Waals surface area (Å²) in [7, 11) is 1.40. The Bertz CT molecular complexity index is 393. The summed E-state index contributed by atoms with van der Waals surface area (Å²) >= 11 is 0. The third kappa shape index (κ3) is 0.984. The average molecular weight is 236 g/mol. The van der Waals surface area contributed by atoms with Crippen molar-refractivity contribution in [1.29, 1.82) is 0 Å². The lowest BCUT2D eigenvalue weighted by Crippen LogP contribution is -2.52. The van der Waals surface area contributed by atoms with Gasteiger partial charge in [0.2, 0.25) is 0 Å². The lowest BCUT2D eigenvalue weighted by Gasteiger charge is -2.52. The monoisotopic (exact) mass is 236 g/mol. The van der Waals surface area contributed by atoms with Gasteiger partial charge in [-0.05, 0) is 62.2 Å². The van der Waals surface area contributed by atoms with E-state index in [1.807, 2.05) is 0 Å². The third-order valence-electron chi connectivity index (χ3n) is 6.53. The van der Waals surface area contributed by atoms with Crippen LogP contribution in [0.1, 0.15) is 39.0 Å². The number of carbonyl (C=O) groups is 1. The lowest BCUT2D eigenvalue weighted by atomic mass is 9.54. The SMILES string of the molecule is COC(=O)OC1(C)C2CC3CC4CC1C4(C3)C2. The third-order valence-corrected chi connectivity index (χ3v) is 6.53. The Morgan fingerprint density at radius 3 is 2.71 bits per heavy atom. The lowest BCUT2D eigenvalue weighted by molar-refractivity contribution is -0.123. The normalized spacial score (nSPS) is 57.5. The van der Waals surface area contributed by atoms with E-state index >= 15 is 0 Å². The molecule has 0 heterocycles. The maximum atomic E-state index is 11.5. The minimum atomic E-state index is -0.490. The molecule has 4 fully saturated rings. The molecule has 3 bridgehead atoms. The van der Waals surface area contributed by atoms with Crippen LogP contribution in [0.25, 0.3) is 0 Å². The van der Waals surface area contributed by atoms with Gasteiger partial charge in [-0.1, -0.05) is 0 Å². The highest BCUT2D eigenvalue weighted by atomic mass is 16.7. The van der Waals surface area contributed by atoms with E-state index in [-0.39, 0.29) is 5.60 Å². The predicted molar refractivity (Wildman–Crippen MR) is 61.4 cm³/mol. The van der Waals surface area contributed by atoms with E-state index in [4.69, 9.17) is 9.47 Å². The number of fused-ring (bicyclic) bond motifs is 2. The number of hydrogen-bond donors (Lipinski definition) is 0. The van der Waals surface area contributed by atoms with Gasteiger partial charge in [0.05, 0.1) is 7.11 Å².